The molecule has 0 radical (unpaired) electrons. The Morgan fingerprint density at radius 3 is 2.52 bits per heavy atom. The molecule has 9 heteroatoms. The van der Waals surface area contributed by atoms with Crippen LogP contribution in [0.2, 0.25) is 0 Å². The smallest absolute Gasteiger partial charge is 0.256 e. The van der Waals surface area contributed by atoms with Crippen molar-refractivity contribution >= 4 is 38.2 Å². The van der Waals surface area contributed by atoms with E-state index < -0.39 is 15.9 Å². The number of anilines is 1. The minimum absolute atomic E-state index is 0.0266. The fourth-order valence-corrected chi connectivity index (χ4v) is 6.05. The zero-order chi connectivity index (χ0) is 21.0. The van der Waals surface area contributed by atoms with Gasteiger partial charge in [-0.15, -0.1) is 11.3 Å². The highest BCUT2D eigenvalue weighted by Gasteiger charge is 2.32. The Bertz CT molecular complexity index is 983. The van der Waals surface area contributed by atoms with E-state index >= 15 is 0 Å². The molecular weight excluding hydrogens is 410 g/mol. The van der Waals surface area contributed by atoms with Crippen LogP contribution in [-0.4, -0.2) is 44.2 Å². The number of piperidine rings is 1. The number of nitrogens with one attached hydrogen (secondary N) is 2. The van der Waals surface area contributed by atoms with E-state index in [1.165, 1.54) is 42.6 Å². The second kappa shape index (κ2) is 9.06. The van der Waals surface area contributed by atoms with Crippen molar-refractivity contribution < 1.29 is 18.0 Å². The Morgan fingerprint density at radius 1 is 1.14 bits per heavy atom. The summed E-state index contributed by atoms with van der Waals surface area (Å²) in [5.74, 6) is -0.680. The largest absolute Gasteiger partial charge is 0.355 e. The van der Waals surface area contributed by atoms with Gasteiger partial charge in [-0.1, -0.05) is 13.3 Å². The van der Waals surface area contributed by atoms with Gasteiger partial charge in [-0.05, 0) is 55.0 Å². The van der Waals surface area contributed by atoms with Gasteiger partial charge < -0.3 is 10.6 Å². The zero-order valence-electron chi connectivity index (χ0n) is 16.5. The third-order valence-electron chi connectivity index (χ3n) is 5.13. The Hall–Kier alpha value is -2.23. The highest BCUT2D eigenvalue weighted by atomic mass is 32.2. The lowest BCUT2D eigenvalue weighted by Crippen LogP contribution is -2.43. The lowest BCUT2D eigenvalue weighted by atomic mass is 10.0. The van der Waals surface area contributed by atoms with E-state index in [-0.39, 0.29) is 16.8 Å². The van der Waals surface area contributed by atoms with Crippen LogP contribution >= 0.6 is 11.3 Å². The maximum Gasteiger partial charge on any atom is 0.256 e. The number of hydrogen-bond acceptors (Lipinski definition) is 5. The van der Waals surface area contributed by atoms with Crippen molar-refractivity contribution in [3.8, 4) is 0 Å². The molecule has 1 atom stereocenters. The number of carbonyl (C=O) groups excluding carboxylic acids is 2. The lowest BCUT2D eigenvalue weighted by Gasteiger charge is -2.34. The first kappa shape index (κ1) is 21.5. The number of rotatable bonds is 6. The summed E-state index contributed by atoms with van der Waals surface area (Å²) in [6.45, 7) is 2.54. The van der Waals surface area contributed by atoms with E-state index in [9.17, 15) is 18.0 Å². The van der Waals surface area contributed by atoms with Crippen molar-refractivity contribution in [3.63, 3.8) is 0 Å². The molecule has 0 aliphatic carbocycles. The number of carbonyl (C=O) groups is 2. The molecule has 2 amide bonds. The molecule has 156 valence electrons. The molecule has 1 aliphatic heterocycles. The van der Waals surface area contributed by atoms with Crippen LogP contribution in [0.4, 0.5) is 5.00 Å². The predicted molar refractivity (Wildman–Crippen MR) is 114 cm³/mol. The summed E-state index contributed by atoms with van der Waals surface area (Å²) < 4.78 is 27.6. The Labute approximate surface area is 175 Å². The number of benzene rings is 1. The quantitative estimate of drug-likeness (QED) is 0.728. The third kappa shape index (κ3) is 4.52. The number of thiophene rings is 1. The minimum atomic E-state index is -3.59. The SMILES string of the molecule is CC[C@H]1CCCCN1S(=O)(=O)c1ccc(C(=O)Nc2sccc2C(=O)NC)cc1. The van der Waals surface area contributed by atoms with Gasteiger partial charge in [0.25, 0.3) is 11.8 Å². The van der Waals surface area contributed by atoms with Crippen molar-refractivity contribution in [2.24, 2.45) is 0 Å². The van der Waals surface area contributed by atoms with Crippen molar-refractivity contribution in [3.05, 3.63) is 46.8 Å². The summed E-state index contributed by atoms with van der Waals surface area (Å²) >= 11 is 1.25. The highest BCUT2D eigenvalue weighted by molar-refractivity contribution is 7.89. The van der Waals surface area contributed by atoms with Crippen LogP contribution in [0.1, 0.15) is 53.3 Å². The van der Waals surface area contributed by atoms with Crippen LogP contribution in [0.25, 0.3) is 0 Å². The van der Waals surface area contributed by atoms with Crippen LogP contribution in [-0.2, 0) is 10.0 Å². The van der Waals surface area contributed by atoms with E-state index in [1.54, 1.807) is 15.8 Å². The number of sulfonamides is 1. The van der Waals surface area contributed by atoms with Gasteiger partial charge in [0.1, 0.15) is 5.00 Å². The van der Waals surface area contributed by atoms with Crippen LogP contribution in [0.3, 0.4) is 0 Å². The molecule has 2 heterocycles. The Morgan fingerprint density at radius 2 is 1.86 bits per heavy atom. The van der Waals surface area contributed by atoms with E-state index in [0.717, 1.165) is 25.7 Å². The highest BCUT2D eigenvalue weighted by Crippen LogP contribution is 2.28. The lowest BCUT2D eigenvalue weighted by molar-refractivity contribution is 0.0964. The zero-order valence-corrected chi connectivity index (χ0v) is 18.1. The molecule has 1 aromatic carbocycles. The van der Waals surface area contributed by atoms with Crippen LogP contribution in [0, 0.1) is 0 Å². The molecule has 3 rings (SSSR count). The summed E-state index contributed by atoms with van der Waals surface area (Å²) in [4.78, 5) is 24.6. The average molecular weight is 436 g/mol. The second-order valence-electron chi connectivity index (χ2n) is 6.89. The summed E-state index contributed by atoms with van der Waals surface area (Å²) in [6.07, 6.45) is 3.58. The van der Waals surface area contributed by atoms with Gasteiger partial charge in [0, 0.05) is 25.2 Å². The van der Waals surface area contributed by atoms with E-state index in [2.05, 4.69) is 10.6 Å². The van der Waals surface area contributed by atoms with E-state index in [0.29, 0.717) is 22.7 Å². The maximum atomic E-state index is 13.0. The predicted octanol–water partition coefficient (Wildman–Crippen LogP) is 3.31. The molecule has 0 unspecified atom stereocenters. The van der Waals surface area contributed by atoms with Crippen molar-refractivity contribution in [1.82, 2.24) is 9.62 Å². The van der Waals surface area contributed by atoms with Gasteiger partial charge in [0.2, 0.25) is 10.0 Å². The van der Waals surface area contributed by atoms with Crippen molar-refractivity contribution in [2.75, 3.05) is 18.9 Å². The molecule has 29 heavy (non-hydrogen) atoms. The molecule has 2 N–H and O–H groups in total. The molecule has 0 bridgehead atoms. The van der Waals surface area contributed by atoms with Crippen LogP contribution in [0.15, 0.2) is 40.6 Å². The maximum absolute atomic E-state index is 13.0. The van der Waals surface area contributed by atoms with Crippen molar-refractivity contribution in [2.45, 2.75) is 43.5 Å². The first-order chi connectivity index (χ1) is 13.9. The van der Waals surface area contributed by atoms with Gasteiger partial charge in [-0.25, -0.2) is 8.42 Å². The van der Waals surface area contributed by atoms with E-state index in [1.807, 2.05) is 6.92 Å². The number of nitrogens with zero attached hydrogens (tertiary/aromatic N) is 1. The molecule has 1 saturated heterocycles. The Balaban J connectivity index is 1.77. The fraction of sp³-hybridized carbons (Fsp3) is 0.400. The molecule has 7 nitrogen and oxygen atoms in total. The fourth-order valence-electron chi connectivity index (χ4n) is 3.51. The summed E-state index contributed by atoms with van der Waals surface area (Å²) in [5, 5.41) is 7.42. The summed E-state index contributed by atoms with van der Waals surface area (Å²) in [7, 11) is -2.06. The van der Waals surface area contributed by atoms with E-state index in [4.69, 9.17) is 0 Å². The molecular formula is C20H25N3O4S2. The molecule has 1 fully saturated rings. The summed E-state index contributed by atoms with van der Waals surface area (Å²) in [6, 6.07) is 7.61. The van der Waals surface area contributed by atoms with Gasteiger partial charge in [-0.3, -0.25) is 9.59 Å². The average Bonchev–Trinajstić information content (AvgIpc) is 3.21. The minimum Gasteiger partial charge on any atom is -0.355 e. The molecule has 1 aromatic heterocycles. The van der Waals surface area contributed by atoms with Gasteiger partial charge >= 0.3 is 0 Å². The molecule has 0 spiro atoms. The molecule has 0 saturated carbocycles. The number of amides is 2. The first-order valence-corrected chi connectivity index (χ1v) is 11.9. The second-order valence-corrected chi connectivity index (χ2v) is 9.70. The topological polar surface area (TPSA) is 95.6 Å². The van der Waals surface area contributed by atoms with Crippen LogP contribution < -0.4 is 10.6 Å². The number of hydrogen-bond donors (Lipinski definition) is 2. The van der Waals surface area contributed by atoms with Gasteiger partial charge in [0.15, 0.2) is 0 Å². The van der Waals surface area contributed by atoms with Crippen LogP contribution in [0.5, 0.6) is 0 Å². The van der Waals surface area contributed by atoms with Crippen molar-refractivity contribution in [1.29, 1.82) is 0 Å². The standard InChI is InChI=1S/C20H25N3O4S2/c1-3-15-6-4-5-12-23(15)29(26,27)16-9-7-14(8-10-16)18(24)22-20-17(11-13-28-20)19(25)21-2/h7-11,13,15H,3-6,12H2,1-2H3,(H,21,25)(H,22,24)/t15-/m0/s1. The molecule has 1 aliphatic rings. The molecule has 2 aromatic rings. The van der Waals surface area contributed by atoms with Gasteiger partial charge in [-0.2, -0.15) is 4.31 Å². The third-order valence-corrected chi connectivity index (χ3v) is 7.93. The monoisotopic (exact) mass is 435 g/mol. The Kier molecular flexibility index (Phi) is 6.71. The normalized spacial score (nSPS) is 17.7. The summed E-state index contributed by atoms with van der Waals surface area (Å²) in [5.41, 5.74) is 0.714. The van der Waals surface area contributed by atoms with Gasteiger partial charge in [0.05, 0.1) is 10.5 Å². The first-order valence-electron chi connectivity index (χ1n) is 9.61.